The van der Waals surface area contributed by atoms with Crippen molar-refractivity contribution < 1.29 is 19.1 Å². The van der Waals surface area contributed by atoms with Gasteiger partial charge in [0.25, 0.3) is 5.91 Å². The van der Waals surface area contributed by atoms with E-state index < -0.39 is 6.04 Å². The van der Waals surface area contributed by atoms with Crippen LogP contribution in [0.25, 0.3) is 0 Å². The molecule has 0 saturated carbocycles. The first kappa shape index (κ1) is 15.8. The number of carbonyl (C=O) groups is 2. The predicted molar refractivity (Wildman–Crippen MR) is 75.2 cm³/mol. The highest BCUT2D eigenvalue weighted by molar-refractivity contribution is 5.98. The number of ether oxygens (including phenoxy) is 2. The quantitative estimate of drug-likeness (QED) is 0.813. The summed E-state index contributed by atoms with van der Waals surface area (Å²) in [5, 5.41) is 5.27. The van der Waals surface area contributed by atoms with Crippen LogP contribution < -0.4 is 20.1 Å². The monoisotopic (exact) mass is 280 g/mol. The van der Waals surface area contributed by atoms with Gasteiger partial charge >= 0.3 is 0 Å². The van der Waals surface area contributed by atoms with Crippen LogP contribution in [0.5, 0.6) is 11.5 Å². The molecule has 110 valence electrons. The third-order valence-electron chi connectivity index (χ3n) is 2.71. The third kappa shape index (κ3) is 4.15. The van der Waals surface area contributed by atoms with Crippen LogP contribution in [0, 0.1) is 0 Å². The third-order valence-corrected chi connectivity index (χ3v) is 2.71. The minimum Gasteiger partial charge on any atom is -0.497 e. The molecule has 6 heteroatoms. The Hall–Kier alpha value is -2.24. The number of benzene rings is 1. The molecule has 0 saturated heterocycles. The maximum Gasteiger partial charge on any atom is 0.252 e. The van der Waals surface area contributed by atoms with Gasteiger partial charge in [-0.25, -0.2) is 0 Å². The lowest BCUT2D eigenvalue weighted by Crippen LogP contribution is -2.44. The molecule has 1 atom stereocenters. The van der Waals surface area contributed by atoms with Gasteiger partial charge in [-0.05, 0) is 26.0 Å². The first-order valence-electron chi connectivity index (χ1n) is 6.33. The zero-order valence-electron chi connectivity index (χ0n) is 12.1. The van der Waals surface area contributed by atoms with Gasteiger partial charge in [0, 0.05) is 18.2 Å². The van der Waals surface area contributed by atoms with Crippen molar-refractivity contribution in [2.24, 2.45) is 0 Å². The summed E-state index contributed by atoms with van der Waals surface area (Å²) in [5.74, 6) is 0.442. The number of methoxy groups -OCH3 is 2. The number of amides is 2. The summed E-state index contributed by atoms with van der Waals surface area (Å²) >= 11 is 0. The van der Waals surface area contributed by atoms with Crippen molar-refractivity contribution in [3.8, 4) is 11.5 Å². The highest BCUT2D eigenvalue weighted by Crippen LogP contribution is 2.22. The van der Waals surface area contributed by atoms with Crippen molar-refractivity contribution in [1.29, 1.82) is 0 Å². The molecular formula is C14H20N2O4. The normalized spacial score (nSPS) is 11.4. The van der Waals surface area contributed by atoms with Crippen molar-refractivity contribution in [3.05, 3.63) is 23.8 Å². The first-order valence-corrected chi connectivity index (χ1v) is 6.33. The highest BCUT2D eigenvalue weighted by Gasteiger charge is 2.17. The maximum atomic E-state index is 12.1. The van der Waals surface area contributed by atoms with Gasteiger partial charge in [-0.2, -0.15) is 0 Å². The molecule has 1 aromatic carbocycles. The van der Waals surface area contributed by atoms with E-state index in [-0.39, 0.29) is 11.8 Å². The van der Waals surface area contributed by atoms with E-state index in [1.807, 2.05) is 6.92 Å². The van der Waals surface area contributed by atoms with Gasteiger partial charge < -0.3 is 20.1 Å². The Kier molecular flexibility index (Phi) is 5.83. The van der Waals surface area contributed by atoms with E-state index in [9.17, 15) is 9.59 Å². The topological polar surface area (TPSA) is 76.7 Å². The second-order valence-corrected chi connectivity index (χ2v) is 4.19. The van der Waals surface area contributed by atoms with Crippen molar-refractivity contribution >= 4 is 11.8 Å². The summed E-state index contributed by atoms with van der Waals surface area (Å²) in [6.45, 7) is 3.96. The molecule has 20 heavy (non-hydrogen) atoms. The van der Waals surface area contributed by atoms with E-state index >= 15 is 0 Å². The van der Waals surface area contributed by atoms with E-state index in [1.54, 1.807) is 25.1 Å². The lowest BCUT2D eigenvalue weighted by Gasteiger charge is -2.14. The second-order valence-electron chi connectivity index (χ2n) is 4.19. The fourth-order valence-corrected chi connectivity index (χ4v) is 1.61. The van der Waals surface area contributed by atoms with Crippen molar-refractivity contribution in [2.45, 2.75) is 19.9 Å². The summed E-state index contributed by atoms with van der Waals surface area (Å²) in [7, 11) is 3.02. The molecule has 0 radical (unpaired) electrons. The number of rotatable bonds is 6. The average Bonchev–Trinajstić information content (AvgIpc) is 2.46. The van der Waals surface area contributed by atoms with Crippen LogP contribution in [0.4, 0.5) is 0 Å². The van der Waals surface area contributed by atoms with Gasteiger partial charge in [0.2, 0.25) is 5.91 Å². The van der Waals surface area contributed by atoms with Crippen LogP contribution in [0.1, 0.15) is 24.2 Å². The number of hydrogen-bond acceptors (Lipinski definition) is 4. The lowest BCUT2D eigenvalue weighted by molar-refractivity contribution is -0.122. The van der Waals surface area contributed by atoms with E-state index in [1.165, 1.54) is 14.2 Å². The summed E-state index contributed by atoms with van der Waals surface area (Å²) in [6, 6.07) is 4.23. The molecule has 2 amide bonds. The Morgan fingerprint density at radius 3 is 2.15 bits per heavy atom. The predicted octanol–water partition coefficient (Wildman–Crippen LogP) is 0.958. The van der Waals surface area contributed by atoms with Gasteiger partial charge in [0.05, 0.1) is 14.2 Å². The van der Waals surface area contributed by atoms with E-state index in [2.05, 4.69) is 10.6 Å². The fourth-order valence-electron chi connectivity index (χ4n) is 1.61. The van der Waals surface area contributed by atoms with Crippen LogP contribution in [-0.4, -0.2) is 38.6 Å². The van der Waals surface area contributed by atoms with Gasteiger partial charge in [-0.3, -0.25) is 9.59 Å². The number of carbonyl (C=O) groups excluding carboxylic acids is 2. The Balaban J connectivity index is 2.84. The summed E-state index contributed by atoms with van der Waals surface area (Å²) in [4.78, 5) is 23.7. The Bertz CT molecular complexity index is 466. The second kappa shape index (κ2) is 7.37. The van der Waals surface area contributed by atoms with Crippen molar-refractivity contribution in [1.82, 2.24) is 10.6 Å². The molecule has 0 unspecified atom stereocenters. The molecule has 0 aliphatic carbocycles. The Morgan fingerprint density at radius 2 is 1.70 bits per heavy atom. The molecule has 0 heterocycles. The van der Waals surface area contributed by atoms with E-state index in [0.29, 0.717) is 23.6 Å². The van der Waals surface area contributed by atoms with Crippen LogP contribution in [0.3, 0.4) is 0 Å². The fraction of sp³-hybridized carbons (Fsp3) is 0.429. The molecule has 2 N–H and O–H groups in total. The lowest BCUT2D eigenvalue weighted by atomic mass is 10.1. The average molecular weight is 280 g/mol. The summed E-state index contributed by atoms with van der Waals surface area (Å²) < 4.78 is 10.2. The molecular weight excluding hydrogens is 260 g/mol. The molecule has 0 aromatic heterocycles. The summed E-state index contributed by atoms with van der Waals surface area (Å²) in [5.41, 5.74) is 0.373. The van der Waals surface area contributed by atoms with Crippen molar-refractivity contribution in [3.63, 3.8) is 0 Å². The van der Waals surface area contributed by atoms with Crippen LogP contribution in [-0.2, 0) is 4.79 Å². The van der Waals surface area contributed by atoms with Gasteiger partial charge in [0.15, 0.2) is 0 Å². The van der Waals surface area contributed by atoms with Gasteiger partial charge in [0.1, 0.15) is 17.5 Å². The molecule has 0 aliphatic heterocycles. The molecule has 0 aliphatic rings. The molecule has 1 aromatic rings. The zero-order chi connectivity index (χ0) is 15.1. The minimum absolute atomic E-state index is 0.226. The SMILES string of the molecule is CCNC(=O)[C@@H](C)NC(=O)c1cc(OC)cc(OC)c1. The minimum atomic E-state index is -0.611. The van der Waals surface area contributed by atoms with Crippen LogP contribution in [0.2, 0.25) is 0 Å². The molecule has 0 bridgehead atoms. The van der Waals surface area contributed by atoms with E-state index in [4.69, 9.17) is 9.47 Å². The Labute approximate surface area is 118 Å². The Morgan fingerprint density at radius 1 is 1.15 bits per heavy atom. The zero-order valence-corrected chi connectivity index (χ0v) is 12.1. The molecule has 1 rings (SSSR count). The molecule has 0 fully saturated rings. The van der Waals surface area contributed by atoms with Gasteiger partial charge in [-0.15, -0.1) is 0 Å². The van der Waals surface area contributed by atoms with Crippen molar-refractivity contribution in [2.75, 3.05) is 20.8 Å². The number of hydrogen-bond donors (Lipinski definition) is 2. The smallest absolute Gasteiger partial charge is 0.252 e. The van der Waals surface area contributed by atoms with Gasteiger partial charge in [-0.1, -0.05) is 0 Å². The number of nitrogens with one attached hydrogen (secondary N) is 2. The number of likely N-dealkylation sites (N-methyl/N-ethyl adjacent to an activating group) is 1. The van der Waals surface area contributed by atoms with Crippen LogP contribution >= 0.6 is 0 Å². The van der Waals surface area contributed by atoms with Crippen LogP contribution in [0.15, 0.2) is 18.2 Å². The first-order chi connectivity index (χ1) is 9.51. The largest absolute Gasteiger partial charge is 0.497 e. The standard InChI is InChI=1S/C14H20N2O4/c1-5-15-13(17)9(2)16-14(18)10-6-11(19-3)8-12(7-10)20-4/h6-9H,5H2,1-4H3,(H,15,17)(H,16,18)/t9-/m1/s1. The summed E-state index contributed by atoms with van der Waals surface area (Å²) in [6.07, 6.45) is 0. The highest BCUT2D eigenvalue weighted by atomic mass is 16.5. The molecule has 0 spiro atoms. The molecule has 6 nitrogen and oxygen atoms in total. The van der Waals surface area contributed by atoms with E-state index in [0.717, 1.165) is 0 Å². The maximum absolute atomic E-state index is 12.1.